The number of thiophene rings is 1. The van der Waals surface area contributed by atoms with E-state index >= 15 is 0 Å². The van der Waals surface area contributed by atoms with Gasteiger partial charge in [-0.3, -0.25) is 9.59 Å². The van der Waals surface area contributed by atoms with Crippen molar-refractivity contribution < 1.29 is 14.3 Å². The first-order chi connectivity index (χ1) is 8.56. The maximum atomic E-state index is 11.9. The molecule has 18 heavy (non-hydrogen) atoms. The van der Waals surface area contributed by atoms with E-state index in [0.717, 1.165) is 0 Å². The zero-order valence-corrected chi connectivity index (χ0v) is 11.3. The fraction of sp³-hybridized carbons (Fsp3) is 0.455. The fourth-order valence-electron chi connectivity index (χ4n) is 1.30. The molecule has 3 N–H and O–H groups in total. The number of methoxy groups -OCH3 is 1. The van der Waals surface area contributed by atoms with Crippen LogP contribution in [-0.2, 0) is 9.53 Å². The molecule has 100 valence electrons. The number of anilines is 1. The van der Waals surface area contributed by atoms with Gasteiger partial charge in [0.05, 0.1) is 18.8 Å². The number of nitrogens with two attached hydrogens (primary N) is 1. The highest BCUT2D eigenvalue weighted by molar-refractivity contribution is 7.12. The summed E-state index contributed by atoms with van der Waals surface area (Å²) in [6.45, 7) is 0.875. The van der Waals surface area contributed by atoms with Crippen LogP contribution in [0.15, 0.2) is 11.4 Å². The van der Waals surface area contributed by atoms with Crippen LogP contribution in [0.2, 0.25) is 0 Å². The summed E-state index contributed by atoms with van der Waals surface area (Å²) < 4.78 is 4.81. The monoisotopic (exact) mass is 271 g/mol. The topological polar surface area (TPSA) is 84.7 Å². The van der Waals surface area contributed by atoms with Crippen LogP contribution >= 0.6 is 11.3 Å². The van der Waals surface area contributed by atoms with E-state index < -0.39 is 0 Å². The van der Waals surface area contributed by atoms with Crippen molar-refractivity contribution in [3.8, 4) is 0 Å². The van der Waals surface area contributed by atoms with E-state index in [2.05, 4.69) is 5.32 Å². The quantitative estimate of drug-likeness (QED) is 0.722. The normalized spacial score (nSPS) is 10.1. The Bertz CT molecular complexity index is 419. The molecule has 0 radical (unpaired) electrons. The highest BCUT2D eigenvalue weighted by Crippen LogP contribution is 2.20. The van der Waals surface area contributed by atoms with Gasteiger partial charge in [-0.15, -0.1) is 11.3 Å². The summed E-state index contributed by atoms with van der Waals surface area (Å²) in [6, 6.07) is 1.67. The number of carbonyl (C=O) groups excluding carboxylic acids is 2. The van der Waals surface area contributed by atoms with Gasteiger partial charge in [-0.05, 0) is 11.4 Å². The number of likely N-dealkylation sites (N-methyl/N-ethyl adjacent to an activating group) is 1. The Morgan fingerprint density at radius 2 is 2.28 bits per heavy atom. The molecule has 1 rings (SSSR count). The minimum absolute atomic E-state index is 0.000111. The Kier molecular flexibility index (Phi) is 5.60. The minimum Gasteiger partial charge on any atom is -0.397 e. The number of nitrogens with zero attached hydrogens (tertiary/aromatic N) is 1. The second-order valence-electron chi connectivity index (χ2n) is 3.71. The van der Waals surface area contributed by atoms with E-state index in [1.807, 2.05) is 0 Å². The summed E-state index contributed by atoms with van der Waals surface area (Å²) in [5.74, 6) is -0.470. The van der Waals surface area contributed by atoms with Gasteiger partial charge >= 0.3 is 0 Å². The Labute approximate surface area is 110 Å². The van der Waals surface area contributed by atoms with Crippen molar-refractivity contribution in [1.29, 1.82) is 0 Å². The molecule has 0 aliphatic carbocycles. The number of carbonyl (C=O) groups is 2. The lowest BCUT2D eigenvalue weighted by Gasteiger charge is -2.16. The van der Waals surface area contributed by atoms with Crippen LogP contribution in [0, 0.1) is 0 Å². The number of nitrogen functional groups attached to an aromatic ring is 1. The molecule has 1 aromatic heterocycles. The molecule has 0 atom stereocenters. The summed E-state index contributed by atoms with van der Waals surface area (Å²) in [7, 11) is 3.12. The number of rotatable bonds is 6. The molecule has 0 fully saturated rings. The smallest absolute Gasteiger partial charge is 0.266 e. The van der Waals surface area contributed by atoms with Gasteiger partial charge in [0.1, 0.15) is 4.88 Å². The van der Waals surface area contributed by atoms with Crippen LogP contribution in [0.4, 0.5) is 5.69 Å². The van der Waals surface area contributed by atoms with Crippen molar-refractivity contribution in [3.63, 3.8) is 0 Å². The molecular weight excluding hydrogens is 254 g/mol. The van der Waals surface area contributed by atoms with Gasteiger partial charge in [0.2, 0.25) is 5.91 Å². The maximum Gasteiger partial charge on any atom is 0.266 e. The van der Waals surface area contributed by atoms with E-state index in [-0.39, 0.29) is 18.4 Å². The van der Waals surface area contributed by atoms with E-state index in [1.165, 1.54) is 16.2 Å². The van der Waals surface area contributed by atoms with E-state index in [0.29, 0.717) is 23.7 Å². The molecule has 1 aromatic rings. The van der Waals surface area contributed by atoms with Crippen molar-refractivity contribution in [2.24, 2.45) is 0 Å². The molecule has 0 aliphatic heterocycles. The standard InChI is InChI=1S/C11H17N3O3S/c1-14(7-9(15)13-4-5-17-2)11(16)10-8(12)3-6-18-10/h3,6H,4-5,7,12H2,1-2H3,(H,13,15). The first kappa shape index (κ1) is 14.5. The predicted octanol–water partition coefficient (Wildman–Crippen LogP) is 0.165. The first-order valence-corrected chi connectivity index (χ1v) is 6.28. The molecule has 0 bridgehead atoms. The number of nitrogens with one attached hydrogen (secondary N) is 1. The highest BCUT2D eigenvalue weighted by atomic mass is 32.1. The van der Waals surface area contributed by atoms with Crippen molar-refractivity contribution >= 4 is 28.8 Å². The third-order valence-electron chi connectivity index (χ3n) is 2.25. The molecule has 0 aromatic carbocycles. The van der Waals surface area contributed by atoms with Crippen molar-refractivity contribution in [2.75, 3.05) is 39.6 Å². The number of amides is 2. The molecule has 0 spiro atoms. The third kappa shape index (κ3) is 4.01. The van der Waals surface area contributed by atoms with Crippen molar-refractivity contribution in [3.05, 3.63) is 16.3 Å². The predicted molar refractivity (Wildman–Crippen MR) is 70.6 cm³/mol. The molecule has 2 amide bonds. The maximum absolute atomic E-state index is 11.9. The summed E-state index contributed by atoms with van der Waals surface area (Å²) in [5, 5.41) is 4.39. The van der Waals surface area contributed by atoms with E-state index in [4.69, 9.17) is 10.5 Å². The Balaban J connectivity index is 2.45. The second kappa shape index (κ2) is 6.97. The van der Waals surface area contributed by atoms with Crippen LogP contribution in [-0.4, -0.2) is 50.6 Å². The third-order valence-corrected chi connectivity index (χ3v) is 3.16. The lowest BCUT2D eigenvalue weighted by molar-refractivity contribution is -0.121. The zero-order valence-electron chi connectivity index (χ0n) is 10.4. The van der Waals surface area contributed by atoms with Crippen LogP contribution < -0.4 is 11.1 Å². The molecular formula is C11H17N3O3S. The lowest BCUT2D eigenvalue weighted by Crippen LogP contribution is -2.39. The van der Waals surface area contributed by atoms with Crippen LogP contribution in [0.1, 0.15) is 9.67 Å². The molecule has 6 nitrogen and oxygen atoms in total. The summed E-state index contributed by atoms with van der Waals surface area (Å²) in [4.78, 5) is 25.2. The number of hydrogen-bond donors (Lipinski definition) is 2. The fourth-order valence-corrected chi connectivity index (χ4v) is 2.11. The minimum atomic E-state index is -0.246. The molecule has 0 unspecified atom stereocenters. The van der Waals surface area contributed by atoms with E-state index in [9.17, 15) is 9.59 Å². The van der Waals surface area contributed by atoms with Gasteiger partial charge in [-0.2, -0.15) is 0 Å². The number of hydrogen-bond acceptors (Lipinski definition) is 5. The van der Waals surface area contributed by atoms with Crippen LogP contribution in [0.25, 0.3) is 0 Å². The van der Waals surface area contributed by atoms with Crippen molar-refractivity contribution in [2.45, 2.75) is 0 Å². The van der Waals surface area contributed by atoms with Gasteiger partial charge in [-0.25, -0.2) is 0 Å². The molecule has 1 heterocycles. The summed E-state index contributed by atoms with van der Waals surface area (Å²) >= 11 is 1.27. The largest absolute Gasteiger partial charge is 0.397 e. The zero-order chi connectivity index (χ0) is 13.5. The summed E-state index contributed by atoms with van der Waals surface area (Å²) in [5.41, 5.74) is 6.10. The average molecular weight is 271 g/mol. The average Bonchev–Trinajstić information content (AvgIpc) is 2.74. The number of ether oxygens (including phenoxy) is 1. The van der Waals surface area contributed by atoms with Gasteiger partial charge in [0.25, 0.3) is 5.91 Å². The Hall–Kier alpha value is -1.60. The Morgan fingerprint density at radius 3 is 2.83 bits per heavy atom. The van der Waals surface area contributed by atoms with Crippen molar-refractivity contribution in [1.82, 2.24) is 10.2 Å². The summed E-state index contributed by atoms with van der Waals surface area (Å²) in [6.07, 6.45) is 0. The van der Waals surface area contributed by atoms with Gasteiger partial charge < -0.3 is 20.7 Å². The van der Waals surface area contributed by atoms with Gasteiger partial charge in [-0.1, -0.05) is 0 Å². The van der Waals surface area contributed by atoms with Gasteiger partial charge in [0.15, 0.2) is 0 Å². The van der Waals surface area contributed by atoms with E-state index in [1.54, 1.807) is 25.6 Å². The molecule has 7 heteroatoms. The SMILES string of the molecule is COCCNC(=O)CN(C)C(=O)c1sccc1N. The van der Waals surface area contributed by atoms with Gasteiger partial charge in [0, 0.05) is 20.7 Å². The second-order valence-corrected chi connectivity index (χ2v) is 4.63. The molecule has 0 saturated carbocycles. The highest BCUT2D eigenvalue weighted by Gasteiger charge is 2.17. The lowest BCUT2D eigenvalue weighted by atomic mass is 10.3. The molecule has 0 aliphatic rings. The van der Waals surface area contributed by atoms with Crippen LogP contribution in [0.5, 0.6) is 0 Å². The van der Waals surface area contributed by atoms with Crippen LogP contribution in [0.3, 0.4) is 0 Å². The first-order valence-electron chi connectivity index (χ1n) is 5.40. The molecule has 0 saturated heterocycles. The Morgan fingerprint density at radius 1 is 1.56 bits per heavy atom.